The monoisotopic (exact) mass is 267 g/mol. The normalized spacial score (nSPS) is 26.8. The molecule has 0 aliphatic carbocycles. The topological polar surface area (TPSA) is 64.4 Å². The predicted octanol–water partition coefficient (Wildman–Crippen LogP) is 2.85. The summed E-state index contributed by atoms with van der Waals surface area (Å²) in [6.45, 7) is 6.07. The average Bonchev–Trinajstić information content (AvgIpc) is 2.17. The van der Waals surface area contributed by atoms with Crippen molar-refractivity contribution in [2.24, 2.45) is 10.7 Å². The van der Waals surface area contributed by atoms with E-state index in [1.807, 2.05) is 6.92 Å². The number of halogens is 1. The number of hydrogen-bond donors (Lipinski definition) is 2. The molecule has 0 bridgehead atoms. The lowest BCUT2D eigenvalue weighted by Crippen LogP contribution is -2.38. The maximum absolute atomic E-state index is 14.0. The largest absolute Gasteiger partial charge is 0.399 e. The second kappa shape index (κ2) is 4.16. The molecular formula is C13H18FN3S. The van der Waals surface area contributed by atoms with Crippen LogP contribution in [-0.2, 0) is 5.54 Å². The molecule has 1 atom stereocenters. The number of aliphatic imine (C=N–C) groups is 1. The first-order chi connectivity index (χ1) is 8.22. The summed E-state index contributed by atoms with van der Waals surface area (Å²) in [6.07, 6.45) is 0.714. The minimum atomic E-state index is -0.654. The molecule has 0 amide bonds. The number of benzene rings is 1. The molecule has 4 N–H and O–H groups in total. The smallest absolute Gasteiger partial charge is 0.155 e. The van der Waals surface area contributed by atoms with Crippen molar-refractivity contribution in [1.82, 2.24) is 0 Å². The lowest BCUT2D eigenvalue weighted by molar-refractivity contribution is 0.386. The number of nitrogens with two attached hydrogens (primary N) is 2. The second-order valence-corrected chi connectivity index (χ2v) is 7.23. The van der Waals surface area contributed by atoms with Gasteiger partial charge in [0.1, 0.15) is 5.82 Å². The Hall–Kier alpha value is -1.23. The first-order valence-corrected chi connectivity index (χ1v) is 6.63. The van der Waals surface area contributed by atoms with Gasteiger partial charge in [-0.3, -0.25) is 4.99 Å². The number of rotatable bonds is 1. The Kier molecular flexibility index (Phi) is 3.05. The minimum absolute atomic E-state index is 0.0718. The van der Waals surface area contributed by atoms with Crippen LogP contribution in [0.3, 0.4) is 0 Å². The van der Waals surface area contributed by atoms with Gasteiger partial charge in [-0.25, -0.2) is 4.39 Å². The number of amidine groups is 1. The van der Waals surface area contributed by atoms with Gasteiger partial charge in [0, 0.05) is 16.0 Å². The van der Waals surface area contributed by atoms with Gasteiger partial charge in [0.25, 0.3) is 0 Å². The summed E-state index contributed by atoms with van der Waals surface area (Å²) in [5.41, 5.74) is 12.0. The van der Waals surface area contributed by atoms with Crippen molar-refractivity contribution in [3.8, 4) is 0 Å². The summed E-state index contributed by atoms with van der Waals surface area (Å²) in [6, 6.07) is 4.59. The Morgan fingerprint density at radius 1 is 1.28 bits per heavy atom. The Bertz CT molecular complexity index is 513. The Labute approximate surface area is 111 Å². The van der Waals surface area contributed by atoms with Gasteiger partial charge in [-0.1, -0.05) is 25.6 Å². The lowest BCUT2D eigenvalue weighted by atomic mass is 9.83. The van der Waals surface area contributed by atoms with Gasteiger partial charge < -0.3 is 11.5 Å². The van der Waals surface area contributed by atoms with E-state index in [0.29, 0.717) is 22.8 Å². The van der Waals surface area contributed by atoms with Crippen LogP contribution in [0.5, 0.6) is 0 Å². The van der Waals surface area contributed by atoms with E-state index in [-0.39, 0.29) is 10.6 Å². The first-order valence-electron chi connectivity index (χ1n) is 5.82. The standard InChI is InChI=1S/C13H18FN3S/c1-12(2)7-13(3,17-11(16)18-12)9-6-8(15)4-5-10(9)14/h4-6H,7,15H2,1-3H3,(H2,16,17)/t13-/m0/s1. The van der Waals surface area contributed by atoms with Crippen molar-refractivity contribution in [3.05, 3.63) is 29.6 Å². The molecule has 98 valence electrons. The van der Waals surface area contributed by atoms with Crippen LogP contribution in [0.15, 0.2) is 23.2 Å². The Morgan fingerprint density at radius 3 is 2.56 bits per heavy atom. The van der Waals surface area contributed by atoms with Crippen LogP contribution in [0.4, 0.5) is 10.1 Å². The van der Waals surface area contributed by atoms with Crippen LogP contribution in [0, 0.1) is 5.82 Å². The van der Waals surface area contributed by atoms with E-state index in [1.54, 1.807) is 12.1 Å². The quantitative estimate of drug-likeness (QED) is 0.769. The SMILES string of the molecule is CC1(C)C[C@@](C)(c2cc(N)ccc2F)N=C(N)S1. The zero-order valence-electron chi connectivity index (χ0n) is 10.8. The molecule has 2 rings (SSSR count). The van der Waals surface area contributed by atoms with Crippen LogP contribution in [0.1, 0.15) is 32.8 Å². The number of hydrogen-bond acceptors (Lipinski definition) is 4. The summed E-state index contributed by atoms with van der Waals surface area (Å²) < 4.78 is 13.9. The molecule has 0 unspecified atom stereocenters. The third-order valence-electron chi connectivity index (χ3n) is 3.08. The first kappa shape index (κ1) is 13.2. The minimum Gasteiger partial charge on any atom is -0.399 e. The molecule has 1 aliphatic rings. The molecule has 0 saturated heterocycles. The summed E-state index contributed by atoms with van der Waals surface area (Å²) >= 11 is 1.52. The van der Waals surface area contributed by atoms with Crippen LogP contribution < -0.4 is 11.5 Å². The maximum Gasteiger partial charge on any atom is 0.155 e. The molecule has 18 heavy (non-hydrogen) atoms. The predicted molar refractivity (Wildman–Crippen MR) is 76.1 cm³/mol. The van der Waals surface area contributed by atoms with Gasteiger partial charge >= 0.3 is 0 Å². The van der Waals surface area contributed by atoms with Crippen molar-refractivity contribution in [2.75, 3.05) is 5.73 Å². The highest BCUT2D eigenvalue weighted by Crippen LogP contribution is 2.45. The van der Waals surface area contributed by atoms with E-state index in [2.05, 4.69) is 18.8 Å². The molecule has 1 aromatic carbocycles. The van der Waals surface area contributed by atoms with Gasteiger partial charge in [0.05, 0.1) is 5.54 Å². The fourth-order valence-electron chi connectivity index (χ4n) is 2.56. The average molecular weight is 267 g/mol. The van der Waals surface area contributed by atoms with Crippen LogP contribution in [0.2, 0.25) is 0 Å². The third kappa shape index (κ3) is 2.46. The molecule has 0 spiro atoms. The molecule has 0 fully saturated rings. The Morgan fingerprint density at radius 2 is 1.94 bits per heavy atom. The summed E-state index contributed by atoms with van der Waals surface area (Å²) in [5, 5.41) is 0.496. The molecular weight excluding hydrogens is 249 g/mol. The molecule has 1 aliphatic heterocycles. The van der Waals surface area contributed by atoms with E-state index in [9.17, 15) is 4.39 Å². The number of nitrogens with zero attached hydrogens (tertiary/aromatic N) is 1. The summed E-state index contributed by atoms with van der Waals surface area (Å²) in [7, 11) is 0. The van der Waals surface area contributed by atoms with Crippen molar-refractivity contribution in [1.29, 1.82) is 0 Å². The summed E-state index contributed by atoms with van der Waals surface area (Å²) in [5.74, 6) is -0.286. The van der Waals surface area contributed by atoms with Gasteiger partial charge in [0.2, 0.25) is 0 Å². The highest BCUT2D eigenvalue weighted by atomic mass is 32.2. The molecule has 1 heterocycles. The molecule has 0 radical (unpaired) electrons. The number of anilines is 1. The molecule has 1 aromatic rings. The number of thioether (sulfide) groups is 1. The molecule has 5 heteroatoms. The van der Waals surface area contributed by atoms with Gasteiger partial charge in [-0.15, -0.1) is 0 Å². The van der Waals surface area contributed by atoms with Crippen molar-refractivity contribution >= 4 is 22.6 Å². The zero-order chi connectivity index (χ0) is 13.6. The highest BCUT2D eigenvalue weighted by molar-refractivity contribution is 8.15. The summed E-state index contributed by atoms with van der Waals surface area (Å²) in [4.78, 5) is 4.44. The van der Waals surface area contributed by atoms with Gasteiger partial charge in [0.15, 0.2) is 5.17 Å². The van der Waals surface area contributed by atoms with Crippen molar-refractivity contribution < 1.29 is 4.39 Å². The third-order valence-corrected chi connectivity index (χ3v) is 4.08. The van der Waals surface area contributed by atoms with E-state index in [0.717, 1.165) is 0 Å². The van der Waals surface area contributed by atoms with E-state index in [4.69, 9.17) is 11.5 Å². The number of nitrogen functional groups attached to an aromatic ring is 1. The van der Waals surface area contributed by atoms with Crippen LogP contribution in [0.25, 0.3) is 0 Å². The molecule has 0 saturated carbocycles. The van der Waals surface area contributed by atoms with Crippen molar-refractivity contribution in [3.63, 3.8) is 0 Å². The van der Waals surface area contributed by atoms with Crippen LogP contribution in [-0.4, -0.2) is 9.91 Å². The van der Waals surface area contributed by atoms with E-state index in [1.165, 1.54) is 17.8 Å². The molecule has 3 nitrogen and oxygen atoms in total. The fraction of sp³-hybridized carbons (Fsp3) is 0.462. The molecule has 0 aromatic heterocycles. The van der Waals surface area contributed by atoms with Gasteiger partial charge in [-0.05, 0) is 31.5 Å². The zero-order valence-corrected chi connectivity index (χ0v) is 11.6. The second-order valence-electron chi connectivity index (χ2n) is 5.50. The van der Waals surface area contributed by atoms with Crippen molar-refractivity contribution in [2.45, 2.75) is 37.5 Å². The van der Waals surface area contributed by atoms with E-state index < -0.39 is 5.54 Å². The highest BCUT2D eigenvalue weighted by Gasteiger charge is 2.40. The maximum atomic E-state index is 14.0. The fourth-order valence-corrected chi connectivity index (χ4v) is 3.73. The Balaban J connectivity index is 2.54. The van der Waals surface area contributed by atoms with Gasteiger partial charge in [-0.2, -0.15) is 0 Å². The van der Waals surface area contributed by atoms with Crippen LogP contribution >= 0.6 is 11.8 Å². The lowest BCUT2D eigenvalue weighted by Gasteiger charge is -2.39. The van der Waals surface area contributed by atoms with E-state index >= 15 is 0 Å².